The Morgan fingerprint density at radius 1 is 1.07 bits per heavy atom. The molecule has 7 rings (SSSR count). The van der Waals surface area contributed by atoms with Gasteiger partial charge in [-0.05, 0) is 74.8 Å². The van der Waals surface area contributed by atoms with Crippen molar-refractivity contribution in [3.63, 3.8) is 0 Å². The summed E-state index contributed by atoms with van der Waals surface area (Å²) >= 11 is 0. The van der Waals surface area contributed by atoms with Gasteiger partial charge in [0.05, 0.1) is 34.3 Å². The summed E-state index contributed by atoms with van der Waals surface area (Å²) < 4.78 is 58.0. The fraction of sp³-hybridized carbons (Fsp3) is 0.300. The lowest BCUT2D eigenvalue weighted by atomic mass is 9.61. The molecule has 0 radical (unpaired) electrons. The molecule has 11 heteroatoms. The van der Waals surface area contributed by atoms with Crippen molar-refractivity contribution >= 4 is 32.7 Å². The number of benzene rings is 2. The summed E-state index contributed by atoms with van der Waals surface area (Å²) in [4.78, 5) is 16.2. The molecule has 3 fully saturated rings. The highest BCUT2D eigenvalue weighted by Gasteiger charge is 2.47. The molecule has 4 aromatic rings. The molecule has 41 heavy (non-hydrogen) atoms. The Hall–Kier alpha value is -4.30. The van der Waals surface area contributed by atoms with Crippen LogP contribution in [0.3, 0.4) is 0 Å². The van der Waals surface area contributed by atoms with E-state index in [4.69, 9.17) is 0 Å². The lowest BCUT2D eigenvalue weighted by Gasteiger charge is -2.47. The van der Waals surface area contributed by atoms with Crippen LogP contribution >= 0.6 is 0 Å². The van der Waals surface area contributed by atoms with E-state index in [1.807, 2.05) is 13.0 Å². The smallest absolute Gasteiger partial charge is 0.308 e. The van der Waals surface area contributed by atoms with E-state index in [-0.39, 0.29) is 50.1 Å². The summed E-state index contributed by atoms with van der Waals surface area (Å²) in [7, 11) is -4.17. The molecule has 2 aromatic heterocycles. The van der Waals surface area contributed by atoms with Crippen molar-refractivity contribution in [2.75, 3.05) is 5.32 Å². The molecule has 3 aliphatic carbocycles. The minimum Gasteiger partial charge on any atom is -0.481 e. The maximum absolute atomic E-state index is 15.4. The summed E-state index contributed by atoms with van der Waals surface area (Å²) in [6.07, 6.45) is 5.47. The van der Waals surface area contributed by atoms with Gasteiger partial charge >= 0.3 is 5.97 Å². The summed E-state index contributed by atoms with van der Waals surface area (Å²) in [6.45, 7) is 1.82. The predicted molar refractivity (Wildman–Crippen MR) is 148 cm³/mol. The number of aromatic nitrogens is 2. The highest BCUT2D eigenvalue weighted by molar-refractivity contribution is 7.90. The summed E-state index contributed by atoms with van der Waals surface area (Å²) in [5.74, 6) is -3.02. The maximum Gasteiger partial charge on any atom is 0.308 e. The quantitative estimate of drug-likeness (QED) is 0.302. The van der Waals surface area contributed by atoms with Crippen LogP contribution in [0.15, 0.2) is 59.8 Å². The minimum absolute atomic E-state index is 0.00470. The number of fused-ring (bicyclic) bond motifs is 4. The molecule has 210 valence electrons. The second-order valence-electron chi connectivity index (χ2n) is 10.9. The van der Waals surface area contributed by atoms with Crippen molar-refractivity contribution in [2.45, 2.75) is 43.5 Å². The summed E-state index contributed by atoms with van der Waals surface area (Å²) in [5, 5.41) is 23.1. The van der Waals surface area contributed by atoms with Crippen LogP contribution in [0.4, 0.5) is 14.5 Å². The van der Waals surface area contributed by atoms with Gasteiger partial charge in [-0.15, -0.1) is 0 Å². The number of hydrogen-bond acceptors (Lipinski definition) is 6. The van der Waals surface area contributed by atoms with Gasteiger partial charge < -0.3 is 10.4 Å². The van der Waals surface area contributed by atoms with Gasteiger partial charge in [-0.2, -0.15) is 5.26 Å². The Morgan fingerprint density at radius 3 is 2.41 bits per heavy atom. The highest BCUT2D eigenvalue weighted by atomic mass is 32.2. The van der Waals surface area contributed by atoms with E-state index in [2.05, 4.69) is 10.3 Å². The predicted octanol–water partition coefficient (Wildman–Crippen LogP) is 5.70. The van der Waals surface area contributed by atoms with Crippen LogP contribution in [0.5, 0.6) is 0 Å². The van der Waals surface area contributed by atoms with Crippen molar-refractivity contribution in [2.24, 2.45) is 17.8 Å². The molecule has 3 saturated carbocycles. The third-order valence-electron chi connectivity index (χ3n) is 8.50. The number of nitrogens with zero attached hydrogens (tertiary/aromatic N) is 3. The molecule has 2 bridgehead atoms. The van der Waals surface area contributed by atoms with Crippen LogP contribution in [0.1, 0.15) is 36.8 Å². The Bertz CT molecular complexity index is 1840. The Balaban J connectivity index is 1.50. The first kappa shape index (κ1) is 26.9. The molecule has 0 saturated heterocycles. The van der Waals surface area contributed by atoms with Crippen molar-refractivity contribution in [3.05, 3.63) is 77.6 Å². The number of anilines is 1. The number of nitrogens with one attached hydrogen (secondary N) is 1. The number of nitriles is 1. The van der Waals surface area contributed by atoms with E-state index in [0.717, 1.165) is 53.5 Å². The van der Waals surface area contributed by atoms with Crippen LogP contribution in [-0.4, -0.2) is 34.5 Å². The molecule has 0 aliphatic heterocycles. The molecule has 8 nitrogen and oxygen atoms in total. The first-order valence-electron chi connectivity index (χ1n) is 13.3. The Kier molecular flexibility index (Phi) is 6.53. The lowest BCUT2D eigenvalue weighted by Crippen LogP contribution is -2.51. The zero-order chi connectivity index (χ0) is 29.1. The fourth-order valence-electron chi connectivity index (χ4n) is 6.47. The molecule has 2 atom stereocenters. The van der Waals surface area contributed by atoms with Gasteiger partial charge in [0.1, 0.15) is 11.6 Å². The molecule has 0 amide bonds. The van der Waals surface area contributed by atoms with E-state index in [1.165, 1.54) is 24.4 Å². The maximum atomic E-state index is 15.4. The van der Waals surface area contributed by atoms with E-state index >= 15 is 4.39 Å². The van der Waals surface area contributed by atoms with E-state index in [0.29, 0.717) is 0 Å². The van der Waals surface area contributed by atoms with Crippen LogP contribution < -0.4 is 5.32 Å². The zero-order valence-electron chi connectivity index (χ0n) is 22.0. The van der Waals surface area contributed by atoms with Crippen molar-refractivity contribution < 1.29 is 27.1 Å². The van der Waals surface area contributed by atoms with Gasteiger partial charge in [0.25, 0.3) is 10.0 Å². The number of halogens is 2. The second kappa shape index (κ2) is 9.96. The van der Waals surface area contributed by atoms with Crippen LogP contribution in [-0.2, 0) is 14.8 Å². The van der Waals surface area contributed by atoms with E-state index < -0.39 is 39.6 Å². The zero-order valence-corrected chi connectivity index (χ0v) is 22.8. The number of carboxylic acid groups (broad SMARTS) is 1. The molecule has 2 aromatic carbocycles. The third kappa shape index (κ3) is 4.52. The van der Waals surface area contributed by atoms with Crippen molar-refractivity contribution in [3.8, 4) is 17.2 Å². The highest BCUT2D eigenvalue weighted by Crippen LogP contribution is 2.47. The topological polar surface area (TPSA) is 125 Å². The van der Waals surface area contributed by atoms with Gasteiger partial charge in [0.15, 0.2) is 5.65 Å². The second-order valence-corrected chi connectivity index (χ2v) is 12.7. The fourth-order valence-corrected chi connectivity index (χ4v) is 7.79. The van der Waals surface area contributed by atoms with Gasteiger partial charge in [-0.25, -0.2) is 26.2 Å². The van der Waals surface area contributed by atoms with Gasteiger partial charge in [0.2, 0.25) is 0 Å². The normalized spacial score (nSPS) is 22.0. The molecule has 2 unspecified atom stereocenters. The average molecular weight is 577 g/mol. The van der Waals surface area contributed by atoms with E-state index in [1.54, 1.807) is 12.1 Å². The standard InChI is InChI=1S/C30H26F2N4O4S/c1-16-2-8-21(9-3-16)41(39,40)36-15-24(23-11-20(31)14-34-29(23)36)22-12-26(25(32)10-19(22)13-33)35-28-18-6-4-17(5-7-18)27(28)30(37)38/h2-3,8-12,14-15,17-18,27-28,35H,4-7H2,1H3,(H,37,38). The number of rotatable bonds is 6. The SMILES string of the molecule is Cc1ccc(S(=O)(=O)n2cc(-c3cc(NC4C5CCC(CC5)C4C(=O)O)c(F)cc3C#N)c3cc(F)cnc32)cc1. The van der Waals surface area contributed by atoms with Gasteiger partial charge in [-0.1, -0.05) is 17.7 Å². The Morgan fingerprint density at radius 2 is 1.76 bits per heavy atom. The Labute approximate surface area is 235 Å². The van der Waals surface area contributed by atoms with E-state index in [9.17, 15) is 28.0 Å². The van der Waals surface area contributed by atoms with Crippen LogP contribution in [0, 0.1) is 47.6 Å². The average Bonchev–Trinajstić information content (AvgIpc) is 3.33. The van der Waals surface area contributed by atoms with Crippen LogP contribution in [0.2, 0.25) is 0 Å². The molecule has 2 heterocycles. The minimum atomic E-state index is -4.17. The number of pyridine rings is 1. The molecular weight excluding hydrogens is 550 g/mol. The summed E-state index contributed by atoms with van der Waals surface area (Å²) in [5.41, 5.74) is 1.05. The molecule has 2 N–H and O–H groups in total. The number of aryl methyl sites for hydroxylation is 1. The molecular formula is C30H26F2N4O4S. The van der Waals surface area contributed by atoms with Gasteiger partial charge in [0, 0.05) is 28.8 Å². The number of carboxylic acids is 1. The van der Waals surface area contributed by atoms with Crippen molar-refractivity contribution in [1.82, 2.24) is 8.96 Å². The number of aliphatic carboxylic acids is 1. The third-order valence-corrected chi connectivity index (χ3v) is 10.2. The first-order valence-corrected chi connectivity index (χ1v) is 14.7. The monoisotopic (exact) mass is 576 g/mol. The first-order chi connectivity index (χ1) is 19.6. The van der Waals surface area contributed by atoms with Crippen molar-refractivity contribution in [1.29, 1.82) is 5.26 Å². The van der Waals surface area contributed by atoms with Gasteiger partial charge in [-0.3, -0.25) is 4.79 Å². The largest absolute Gasteiger partial charge is 0.481 e. The number of carbonyl (C=O) groups is 1. The summed E-state index contributed by atoms with van der Waals surface area (Å²) in [6, 6.07) is 11.2. The number of hydrogen-bond donors (Lipinski definition) is 2. The van der Waals surface area contributed by atoms with Crippen LogP contribution in [0.25, 0.3) is 22.2 Å². The molecule has 3 aliphatic rings. The molecule has 0 spiro atoms. The lowest BCUT2D eigenvalue weighted by molar-refractivity contribution is -0.148.